The molecule has 3 aromatic rings. The molecule has 0 spiro atoms. The smallest absolute Gasteiger partial charge is 0.248 e. The fourth-order valence-electron chi connectivity index (χ4n) is 3.51. The molecule has 0 radical (unpaired) electrons. The van der Waals surface area contributed by atoms with Gasteiger partial charge in [-0.1, -0.05) is 35.5 Å². The molecule has 6 nitrogen and oxygen atoms in total. The summed E-state index contributed by atoms with van der Waals surface area (Å²) >= 11 is 2.00. The highest BCUT2D eigenvalue weighted by atomic mass is 32.2. The SMILES string of the molecule is c1ccc(C(c2nc(Cc3cnc(C4CC4)o3)no2)N2CCSCC2)cc1. The molecule has 1 aromatic carbocycles. The summed E-state index contributed by atoms with van der Waals surface area (Å²) in [5.41, 5.74) is 1.19. The molecule has 1 saturated carbocycles. The first-order chi connectivity index (χ1) is 13.4. The van der Waals surface area contributed by atoms with Crippen molar-refractivity contribution >= 4 is 11.8 Å². The number of nitrogens with zero attached hydrogens (tertiary/aromatic N) is 4. The molecule has 2 aliphatic rings. The third-order valence-electron chi connectivity index (χ3n) is 5.07. The Morgan fingerprint density at radius 1 is 1.15 bits per heavy atom. The van der Waals surface area contributed by atoms with Crippen LogP contribution in [0, 0.1) is 0 Å². The van der Waals surface area contributed by atoms with E-state index in [9.17, 15) is 0 Å². The second-order valence-electron chi connectivity index (χ2n) is 7.13. The minimum atomic E-state index is 0.00472. The van der Waals surface area contributed by atoms with Gasteiger partial charge in [0, 0.05) is 30.5 Å². The molecular formula is C20H22N4O2S. The fourth-order valence-corrected chi connectivity index (χ4v) is 4.44. The maximum Gasteiger partial charge on any atom is 0.248 e. The zero-order valence-corrected chi connectivity index (χ0v) is 15.9. The molecule has 0 N–H and O–H groups in total. The molecule has 1 unspecified atom stereocenters. The van der Waals surface area contributed by atoms with E-state index in [2.05, 4.69) is 39.3 Å². The van der Waals surface area contributed by atoms with Gasteiger partial charge in [0.2, 0.25) is 5.89 Å². The van der Waals surface area contributed by atoms with Crippen LogP contribution in [0.25, 0.3) is 0 Å². The third kappa shape index (κ3) is 3.80. The first-order valence-corrected chi connectivity index (χ1v) is 10.7. The van der Waals surface area contributed by atoms with E-state index in [1.807, 2.05) is 17.8 Å². The van der Waals surface area contributed by atoms with Crippen LogP contribution in [0.2, 0.25) is 0 Å². The lowest BCUT2D eigenvalue weighted by Crippen LogP contribution is -2.36. The molecule has 140 valence electrons. The van der Waals surface area contributed by atoms with E-state index in [0.717, 1.165) is 36.2 Å². The molecule has 0 bridgehead atoms. The molecule has 1 aliphatic carbocycles. The lowest BCUT2D eigenvalue weighted by atomic mass is 10.1. The van der Waals surface area contributed by atoms with E-state index in [4.69, 9.17) is 13.9 Å². The normalized spacial score (nSPS) is 19.3. The average Bonchev–Trinajstić information content (AvgIpc) is 3.30. The van der Waals surface area contributed by atoms with E-state index < -0.39 is 0 Å². The highest BCUT2D eigenvalue weighted by Crippen LogP contribution is 2.39. The van der Waals surface area contributed by atoms with Gasteiger partial charge in [0.1, 0.15) is 11.8 Å². The second kappa shape index (κ2) is 7.48. The molecule has 3 heterocycles. The van der Waals surface area contributed by atoms with Gasteiger partial charge in [0.25, 0.3) is 0 Å². The van der Waals surface area contributed by atoms with Crippen molar-refractivity contribution in [1.82, 2.24) is 20.0 Å². The molecule has 1 aliphatic heterocycles. The lowest BCUT2D eigenvalue weighted by molar-refractivity contribution is 0.204. The van der Waals surface area contributed by atoms with Crippen molar-refractivity contribution in [1.29, 1.82) is 0 Å². The van der Waals surface area contributed by atoms with Crippen molar-refractivity contribution in [3.63, 3.8) is 0 Å². The standard InChI is InChI=1S/C20H22N4O2S/c1-2-4-14(5-3-1)18(24-8-10-27-11-9-24)20-22-17(23-26-20)12-16-13-21-19(25-16)15-6-7-15/h1-5,13,15,18H,6-12H2. The Hall–Kier alpha value is -2.12. The van der Waals surface area contributed by atoms with E-state index in [1.165, 1.54) is 18.4 Å². The zero-order chi connectivity index (χ0) is 18.1. The summed E-state index contributed by atoms with van der Waals surface area (Å²) in [7, 11) is 0. The van der Waals surface area contributed by atoms with Crippen molar-refractivity contribution in [2.75, 3.05) is 24.6 Å². The quantitative estimate of drug-likeness (QED) is 0.644. The van der Waals surface area contributed by atoms with Crippen molar-refractivity contribution < 1.29 is 8.94 Å². The van der Waals surface area contributed by atoms with Crippen LogP contribution in [-0.4, -0.2) is 44.6 Å². The van der Waals surface area contributed by atoms with E-state index >= 15 is 0 Å². The maximum atomic E-state index is 5.84. The maximum absolute atomic E-state index is 5.84. The van der Waals surface area contributed by atoms with Crippen LogP contribution in [0.1, 0.15) is 53.7 Å². The molecule has 2 fully saturated rings. The number of oxazole rings is 1. The molecule has 1 saturated heterocycles. The van der Waals surface area contributed by atoms with Crippen LogP contribution >= 0.6 is 11.8 Å². The second-order valence-corrected chi connectivity index (χ2v) is 8.35. The van der Waals surface area contributed by atoms with Gasteiger partial charge >= 0.3 is 0 Å². The van der Waals surface area contributed by atoms with Crippen LogP contribution in [0.4, 0.5) is 0 Å². The van der Waals surface area contributed by atoms with Gasteiger partial charge in [-0.3, -0.25) is 4.90 Å². The minimum absolute atomic E-state index is 0.00472. The van der Waals surface area contributed by atoms with Crippen molar-refractivity contribution in [2.45, 2.75) is 31.2 Å². The third-order valence-corrected chi connectivity index (χ3v) is 6.02. The summed E-state index contributed by atoms with van der Waals surface area (Å²) in [4.78, 5) is 11.5. The Morgan fingerprint density at radius 3 is 2.74 bits per heavy atom. The predicted octanol–water partition coefficient (Wildman–Crippen LogP) is 3.66. The highest BCUT2D eigenvalue weighted by Gasteiger charge is 2.30. The highest BCUT2D eigenvalue weighted by molar-refractivity contribution is 7.99. The molecular weight excluding hydrogens is 360 g/mol. The lowest BCUT2D eigenvalue weighted by Gasteiger charge is -2.32. The van der Waals surface area contributed by atoms with Crippen molar-refractivity contribution in [3.8, 4) is 0 Å². The number of aromatic nitrogens is 3. The Balaban J connectivity index is 1.38. The van der Waals surface area contributed by atoms with Gasteiger partial charge < -0.3 is 8.94 Å². The average molecular weight is 382 g/mol. The Labute approximate surface area is 162 Å². The summed E-state index contributed by atoms with van der Waals surface area (Å²) in [5.74, 6) is 5.73. The monoisotopic (exact) mass is 382 g/mol. The number of thioether (sulfide) groups is 1. The number of benzene rings is 1. The first-order valence-electron chi connectivity index (χ1n) is 9.50. The van der Waals surface area contributed by atoms with Gasteiger partial charge in [-0.2, -0.15) is 16.7 Å². The van der Waals surface area contributed by atoms with Gasteiger partial charge in [-0.15, -0.1) is 0 Å². The Kier molecular flexibility index (Phi) is 4.71. The van der Waals surface area contributed by atoms with Crippen LogP contribution < -0.4 is 0 Å². The molecule has 27 heavy (non-hydrogen) atoms. The molecule has 5 rings (SSSR count). The Morgan fingerprint density at radius 2 is 1.96 bits per heavy atom. The van der Waals surface area contributed by atoms with Crippen molar-refractivity contribution in [2.24, 2.45) is 0 Å². The van der Waals surface area contributed by atoms with Gasteiger partial charge in [0.05, 0.1) is 12.6 Å². The fraction of sp³-hybridized carbons (Fsp3) is 0.450. The van der Waals surface area contributed by atoms with Gasteiger partial charge in [-0.25, -0.2) is 4.98 Å². The van der Waals surface area contributed by atoms with Crippen LogP contribution in [0.5, 0.6) is 0 Å². The van der Waals surface area contributed by atoms with Crippen molar-refractivity contribution in [3.05, 3.63) is 65.5 Å². The number of hydrogen-bond donors (Lipinski definition) is 0. The molecule has 1 atom stereocenters. The number of rotatable bonds is 6. The zero-order valence-electron chi connectivity index (χ0n) is 15.1. The van der Waals surface area contributed by atoms with Gasteiger partial charge in [-0.05, 0) is 18.4 Å². The number of hydrogen-bond acceptors (Lipinski definition) is 7. The first kappa shape index (κ1) is 17.0. The molecule has 2 aromatic heterocycles. The van der Waals surface area contributed by atoms with E-state index in [1.54, 1.807) is 6.20 Å². The molecule has 7 heteroatoms. The largest absolute Gasteiger partial charge is 0.445 e. The summed E-state index contributed by atoms with van der Waals surface area (Å²) in [6.45, 7) is 2.05. The summed E-state index contributed by atoms with van der Waals surface area (Å²) < 4.78 is 11.5. The molecule has 0 amide bonds. The summed E-state index contributed by atoms with van der Waals surface area (Å²) in [6.07, 6.45) is 4.67. The van der Waals surface area contributed by atoms with Crippen LogP contribution in [-0.2, 0) is 6.42 Å². The van der Waals surface area contributed by atoms with Gasteiger partial charge in [0.15, 0.2) is 11.7 Å². The Bertz CT molecular complexity index is 884. The summed E-state index contributed by atoms with van der Waals surface area (Å²) in [5, 5.41) is 4.22. The van der Waals surface area contributed by atoms with E-state index in [0.29, 0.717) is 24.1 Å². The van der Waals surface area contributed by atoms with Crippen LogP contribution in [0.3, 0.4) is 0 Å². The topological polar surface area (TPSA) is 68.2 Å². The van der Waals surface area contributed by atoms with E-state index in [-0.39, 0.29) is 6.04 Å². The summed E-state index contributed by atoms with van der Waals surface area (Å²) in [6, 6.07) is 10.4. The van der Waals surface area contributed by atoms with Crippen LogP contribution in [0.15, 0.2) is 45.5 Å². The predicted molar refractivity (Wildman–Crippen MR) is 103 cm³/mol. The minimum Gasteiger partial charge on any atom is -0.445 e.